The van der Waals surface area contributed by atoms with Crippen molar-refractivity contribution in [3.8, 4) is 0 Å². The van der Waals surface area contributed by atoms with Gasteiger partial charge in [-0.05, 0) is 43.2 Å². The van der Waals surface area contributed by atoms with Crippen molar-refractivity contribution >= 4 is 15.9 Å². The Labute approximate surface area is 182 Å². The molecule has 31 heavy (non-hydrogen) atoms. The smallest absolute Gasteiger partial charge is 0.241 e. The fourth-order valence-corrected chi connectivity index (χ4v) is 4.44. The van der Waals surface area contributed by atoms with Crippen molar-refractivity contribution in [1.29, 1.82) is 0 Å². The van der Waals surface area contributed by atoms with Crippen molar-refractivity contribution in [2.75, 3.05) is 13.2 Å². The van der Waals surface area contributed by atoms with E-state index in [2.05, 4.69) is 15.0 Å². The molecule has 8 nitrogen and oxygen atoms in total. The molecule has 0 bridgehead atoms. The van der Waals surface area contributed by atoms with Gasteiger partial charge in [0.2, 0.25) is 15.9 Å². The van der Waals surface area contributed by atoms with Gasteiger partial charge in [0, 0.05) is 18.9 Å². The van der Waals surface area contributed by atoms with Crippen LogP contribution in [0.2, 0.25) is 0 Å². The minimum absolute atomic E-state index is 0.0841. The molecule has 0 saturated carbocycles. The number of rotatable bonds is 9. The molecule has 1 aromatic carbocycles. The van der Waals surface area contributed by atoms with E-state index in [1.165, 1.54) is 12.1 Å². The number of aromatic nitrogens is 1. The molecule has 0 fully saturated rings. The van der Waals surface area contributed by atoms with Crippen LogP contribution in [-0.4, -0.2) is 55.8 Å². The summed E-state index contributed by atoms with van der Waals surface area (Å²) in [6.07, 6.45) is 6.13. The van der Waals surface area contributed by atoms with E-state index in [0.717, 1.165) is 11.1 Å². The van der Waals surface area contributed by atoms with E-state index < -0.39 is 28.3 Å². The number of benzene rings is 1. The van der Waals surface area contributed by atoms with Crippen LogP contribution in [0.5, 0.6) is 0 Å². The van der Waals surface area contributed by atoms with Crippen LogP contribution < -0.4 is 10.0 Å². The fraction of sp³-hybridized carbons (Fsp3) is 0.364. The van der Waals surface area contributed by atoms with Gasteiger partial charge >= 0.3 is 0 Å². The lowest BCUT2D eigenvalue weighted by Crippen LogP contribution is -2.49. The molecule has 0 saturated heterocycles. The van der Waals surface area contributed by atoms with Gasteiger partial charge in [0.15, 0.2) is 0 Å². The summed E-state index contributed by atoms with van der Waals surface area (Å²) in [5, 5.41) is 12.5. The summed E-state index contributed by atoms with van der Waals surface area (Å²) in [6.45, 7) is 1.98. The second kappa shape index (κ2) is 10.6. The zero-order valence-electron chi connectivity index (χ0n) is 17.3. The monoisotopic (exact) mass is 445 g/mol. The lowest BCUT2D eigenvalue weighted by atomic mass is 10.1. The molecule has 1 aliphatic heterocycles. The van der Waals surface area contributed by atoms with Crippen molar-refractivity contribution in [1.82, 2.24) is 15.0 Å². The molecule has 1 aliphatic rings. The second-order valence-electron chi connectivity index (χ2n) is 7.40. The van der Waals surface area contributed by atoms with E-state index in [1.807, 2.05) is 19.1 Å². The van der Waals surface area contributed by atoms with Crippen molar-refractivity contribution in [2.24, 2.45) is 0 Å². The number of amides is 1. The zero-order chi connectivity index (χ0) is 22.3. The molecular formula is C22H27N3O5S. The minimum Gasteiger partial charge on any atom is -0.394 e. The Bertz CT molecular complexity index is 994. The van der Waals surface area contributed by atoms with Gasteiger partial charge in [-0.2, -0.15) is 0 Å². The number of aryl methyl sites for hydroxylation is 1. The van der Waals surface area contributed by atoms with Crippen LogP contribution in [0, 0.1) is 6.92 Å². The number of nitrogens with zero attached hydrogens (tertiary/aromatic N) is 1. The number of aliphatic hydroxyl groups excluding tert-OH is 1. The maximum Gasteiger partial charge on any atom is 0.241 e. The van der Waals surface area contributed by atoms with E-state index in [4.69, 9.17) is 4.74 Å². The molecule has 1 amide bonds. The largest absolute Gasteiger partial charge is 0.394 e. The Morgan fingerprint density at radius 1 is 1.13 bits per heavy atom. The third-order valence-electron chi connectivity index (χ3n) is 4.96. The molecule has 3 rings (SSSR count). The highest BCUT2D eigenvalue weighted by atomic mass is 32.2. The molecule has 2 heterocycles. The standard InChI is InChI=1S/C22H27N3O5S/c1-16-2-5-19(6-3-16)31(28,29)25-20-7-4-18(30-21(20)15-26)14-22(27)24-13-10-17-8-11-23-12-9-17/h2-9,11-12,18,20-21,25-26H,10,13-15H2,1H3,(H,24,27)/t18-,20-,21+/m1/s1. The molecule has 0 radical (unpaired) electrons. The highest BCUT2D eigenvalue weighted by Crippen LogP contribution is 2.18. The Morgan fingerprint density at radius 3 is 2.52 bits per heavy atom. The number of aliphatic hydroxyl groups is 1. The van der Waals surface area contributed by atoms with Crippen molar-refractivity contribution < 1.29 is 23.1 Å². The number of carbonyl (C=O) groups excluding carboxylic acids is 1. The van der Waals surface area contributed by atoms with Crippen LogP contribution in [0.3, 0.4) is 0 Å². The average Bonchev–Trinajstić information content (AvgIpc) is 2.75. The first-order valence-corrected chi connectivity index (χ1v) is 11.5. The number of sulfonamides is 1. The first kappa shape index (κ1) is 23.1. The van der Waals surface area contributed by atoms with Gasteiger partial charge in [-0.15, -0.1) is 0 Å². The predicted molar refractivity (Wildman–Crippen MR) is 116 cm³/mol. The van der Waals surface area contributed by atoms with E-state index in [1.54, 1.807) is 36.7 Å². The molecule has 3 atom stereocenters. The molecule has 166 valence electrons. The molecule has 3 N–H and O–H groups in total. The lowest BCUT2D eigenvalue weighted by Gasteiger charge is -2.31. The summed E-state index contributed by atoms with van der Waals surface area (Å²) in [4.78, 5) is 16.3. The van der Waals surface area contributed by atoms with Gasteiger partial charge in [0.25, 0.3) is 0 Å². The fourth-order valence-electron chi connectivity index (χ4n) is 3.23. The first-order chi connectivity index (χ1) is 14.9. The summed E-state index contributed by atoms with van der Waals surface area (Å²) in [6, 6.07) is 9.53. The van der Waals surface area contributed by atoms with Crippen LogP contribution in [0.25, 0.3) is 0 Å². The van der Waals surface area contributed by atoms with Crippen LogP contribution in [0.15, 0.2) is 65.8 Å². The van der Waals surface area contributed by atoms with Gasteiger partial charge < -0.3 is 15.2 Å². The molecule has 0 spiro atoms. The van der Waals surface area contributed by atoms with Crippen molar-refractivity contribution in [3.63, 3.8) is 0 Å². The molecule has 2 aromatic rings. The number of hydrogen-bond donors (Lipinski definition) is 3. The SMILES string of the molecule is Cc1ccc(S(=O)(=O)N[C@@H]2C=C[C@H](CC(=O)NCCc3ccncc3)O[C@H]2CO)cc1. The van der Waals surface area contributed by atoms with Gasteiger partial charge in [-0.25, -0.2) is 13.1 Å². The van der Waals surface area contributed by atoms with Crippen molar-refractivity contribution in [2.45, 2.75) is 42.9 Å². The minimum atomic E-state index is -3.77. The Kier molecular flexibility index (Phi) is 7.91. The van der Waals surface area contributed by atoms with E-state index >= 15 is 0 Å². The van der Waals surface area contributed by atoms with Gasteiger partial charge in [-0.1, -0.05) is 29.8 Å². The number of ether oxygens (including phenoxy) is 1. The van der Waals surface area contributed by atoms with Crippen LogP contribution in [-0.2, 0) is 26.0 Å². The van der Waals surface area contributed by atoms with Crippen LogP contribution in [0.1, 0.15) is 17.5 Å². The molecule has 1 aromatic heterocycles. The van der Waals surface area contributed by atoms with Crippen molar-refractivity contribution in [3.05, 3.63) is 72.1 Å². The maximum atomic E-state index is 12.6. The predicted octanol–water partition coefficient (Wildman–Crippen LogP) is 1.10. The third-order valence-corrected chi connectivity index (χ3v) is 6.43. The van der Waals surface area contributed by atoms with Gasteiger partial charge in [-0.3, -0.25) is 9.78 Å². The summed E-state index contributed by atoms with van der Waals surface area (Å²) >= 11 is 0. The van der Waals surface area contributed by atoms with Gasteiger partial charge in [0.05, 0.1) is 30.1 Å². The Hall–Kier alpha value is -2.59. The molecule has 0 unspecified atom stereocenters. The Balaban J connectivity index is 1.53. The van der Waals surface area contributed by atoms with Gasteiger partial charge in [0.1, 0.15) is 6.10 Å². The quantitative estimate of drug-likeness (QED) is 0.498. The van der Waals surface area contributed by atoms with E-state index in [-0.39, 0.29) is 23.8 Å². The summed E-state index contributed by atoms with van der Waals surface area (Å²) in [5.74, 6) is -0.181. The number of carbonyl (C=O) groups is 1. The van der Waals surface area contributed by atoms with Crippen LogP contribution in [0.4, 0.5) is 0 Å². The first-order valence-electron chi connectivity index (χ1n) is 10.1. The highest BCUT2D eigenvalue weighted by molar-refractivity contribution is 7.89. The third kappa shape index (κ3) is 6.70. The Morgan fingerprint density at radius 2 is 1.84 bits per heavy atom. The van der Waals surface area contributed by atoms with E-state index in [9.17, 15) is 18.3 Å². The number of hydrogen-bond acceptors (Lipinski definition) is 6. The topological polar surface area (TPSA) is 118 Å². The van der Waals surface area contributed by atoms with Crippen LogP contribution >= 0.6 is 0 Å². The molecular weight excluding hydrogens is 418 g/mol. The highest BCUT2D eigenvalue weighted by Gasteiger charge is 2.31. The molecule has 9 heteroatoms. The molecule has 0 aliphatic carbocycles. The van der Waals surface area contributed by atoms with E-state index in [0.29, 0.717) is 13.0 Å². The summed E-state index contributed by atoms with van der Waals surface area (Å²) in [5.41, 5.74) is 2.03. The number of nitrogens with one attached hydrogen (secondary N) is 2. The maximum absolute atomic E-state index is 12.6. The lowest BCUT2D eigenvalue weighted by molar-refractivity contribution is -0.125. The number of pyridine rings is 1. The normalized spacial score (nSPS) is 21.0. The zero-order valence-corrected chi connectivity index (χ0v) is 18.1. The second-order valence-corrected chi connectivity index (χ2v) is 9.11. The summed E-state index contributed by atoms with van der Waals surface area (Å²) in [7, 11) is -3.77. The average molecular weight is 446 g/mol. The summed E-state index contributed by atoms with van der Waals surface area (Å²) < 4.78 is 33.5.